The van der Waals surface area contributed by atoms with Gasteiger partial charge in [-0.25, -0.2) is 0 Å². The van der Waals surface area contributed by atoms with Crippen LogP contribution in [0.4, 0.5) is 11.4 Å². The molecule has 0 atom stereocenters. The fraction of sp³-hybridized carbons (Fsp3) is 0.143. The van der Waals surface area contributed by atoms with E-state index in [1.807, 2.05) is 6.07 Å². The van der Waals surface area contributed by atoms with Crippen molar-refractivity contribution in [2.75, 3.05) is 24.8 Å². The second-order valence-electron chi connectivity index (χ2n) is 3.97. The van der Waals surface area contributed by atoms with Crippen LogP contribution in [0.3, 0.4) is 0 Å². The number of hydrogen-bond donors (Lipinski definition) is 2. The van der Waals surface area contributed by atoms with Gasteiger partial charge in [-0.2, -0.15) is 0 Å². The molecule has 0 saturated heterocycles. The summed E-state index contributed by atoms with van der Waals surface area (Å²) in [7, 11) is 3.32. The first-order valence-corrected chi connectivity index (χ1v) is 6.71. The first-order valence-electron chi connectivity index (χ1n) is 5.92. The van der Waals surface area contributed by atoms with Gasteiger partial charge in [0.05, 0.1) is 29.0 Å². The molecule has 20 heavy (non-hydrogen) atoms. The van der Waals surface area contributed by atoms with E-state index in [1.165, 1.54) is 0 Å². The fourth-order valence-electron chi connectivity index (χ4n) is 1.73. The molecule has 1 aromatic carbocycles. The zero-order valence-electron chi connectivity index (χ0n) is 11.1. The van der Waals surface area contributed by atoms with Crippen LogP contribution in [0.25, 0.3) is 0 Å². The van der Waals surface area contributed by atoms with E-state index in [2.05, 4.69) is 31.5 Å². The second kappa shape index (κ2) is 6.38. The molecule has 0 saturated carbocycles. The van der Waals surface area contributed by atoms with Gasteiger partial charge in [0, 0.05) is 25.0 Å². The lowest BCUT2D eigenvalue weighted by atomic mass is 10.2. The van der Waals surface area contributed by atoms with Gasteiger partial charge in [0.1, 0.15) is 5.75 Å². The summed E-state index contributed by atoms with van der Waals surface area (Å²) in [5, 5.41) is 5.77. The summed E-state index contributed by atoms with van der Waals surface area (Å²) in [6, 6.07) is 7.03. The Morgan fingerprint density at radius 2 is 2.15 bits per heavy atom. The van der Waals surface area contributed by atoms with Crippen LogP contribution in [0.1, 0.15) is 10.4 Å². The molecular weight excluding hydrogens is 322 g/mol. The lowest BCUT2D eigenvalue weighted by Gasteiger charge is -2.10. The van der Waals surface area contributed by atoms with Crippen molar-refractivity contribution in [3.05, 3.63) is 46.7 Å². The summed E-state index contributed by atoms with van der Waals surface area (Å²) in [5.41, 5.74) is 1.87. The zero-order valence-corrected chi connectivity index (χ0v) is 12.7. The standard InChI is InChI=1S/C14H14BrN3O2/c1-16-12-8-17-6-5-10(12)14(19)18-9-3-4-11(15)13(7-9)20-2/h3-8,16H,1-2H3,(H,18,19). The Labute approximate surface area is 125 Å². The number of halogens is 1. The molecule has 0 fully saturated rings. The van der Waals surface area contributed by atoms with E-state index in [9.17, 15) is 4.79 Å². The van der Waals surface area contributed by atoms with Crippen molar-refractivity contribution < 1.29 is 9.53 Å². The molecule has 0 aliphatic heterocycles. The highest BCUT2D eigenvalue weighted by molar-refractivity contribution is 9.10. The third-order valence-electron chi connectivity index (χ3n) is 2.74. The van der Waals surface area contributed by atoms with E-state index in [1.54, 1.807) is 44.8 Å². The number of hydrogen-bond acceptors (Lipinski definition) is 4. The smallest absolute Gasteiger partial charge is 0.257 e. The quantitative estimate of drug-likeness (QED) is 0.900. The molecule has 1 aromatic heterocycles. The van der Waals surface area contributed by atoms with Gasteiger partial charge in [0.25, 0.3) is 5.91 Å². The minimum atomic E-state index is -0.207. The van der Waals surface area contributed by atoms with Gasteiger partial charge in [0.2, 0.25) is 0 Å². The highest BCUT2D eigenvalue weighted by Crippen LogP contribution is 2.28. The molecule has 5 nitrogen and oxygen atoms in total. The number of amides is 1. The minimum absolute atomic E-state index is 0.207. The normalized spacial score (nSPS) is 9.95. The van der Waals surface area contributed by atoms with E-state index < -0.39 is 0 Å². The molecule has 0 spiro atoms. The third-order valence-corrected chi connectivity index (χ3v) is 3.40. The van der Waals surface area contributed by atoms with Gasteiger partial charge in [0.15, 0.2) is 0 Å². The summed E-state index contributed by atoms with van der Waals surface area (Å²) in [5.74, 6) is 0.451. The van der Waals surface area contributed by atoms with Gasteiger partial charge in [-0.15, -0.1) is 0 Å². The van der Waals surface area contributed by atoms with Crippen LogP contribution in [0, 0.1) is 0 Å². The number of carbonyl (C=O) groups excluding carboxylic acids is 1. The van der Waals surface area contributed by atoms with Gasteiger partial charge in [-0.1, -0.05) is 0 Å². The molecule has 2 rings (SSSR count). The summed E-state index contributed by atoms with van der Waals surface area (Å²) in [6.45, 7) is 0. The number of anilines is 2. The second-order valence-corrected chi connectivity index (χ2v) is 4.83. The van der Waals surface area contributed by atoms with E-state index >= 15 is 0 Å². The van der Waals surface area contributed by atoms with E-state index in [0.29, 0.717) is 22.7 Å². The predicted octanol–water partition coefficient (Wildman–Crippen LogP) is 3.15. The van der Waals surface area contributed by atoms with Crippen LogP contribution in [0.2, 0.25) is 0 Å². The van der Waals surface area contributed by atoms with Crippen LogP contribution in [0.15, 0.2) is 41.1 Å². The molecule has 1 amide bonds. The maximum Gasteiger partial charge on any atom is 0.257 e. The van der Waals surface area contributed by atoms with E-state index in [-0.39, 0.29) is 5.91 Å². The number of ether oxygens (including phenoxy) is 1. The number of nitrogens with zero attached hydrogens (tertiary/aromatic N) is 1. The number of methoxy groups -OCH3 is 1. The lowest BCUT2D eigenvalue weighted by molar-refractivity contribution is 0.102. The highest BCUT2D eigenvalue weighted by Gasteiger charge is 2.11. The highest BCUT2D eigenvalue weighted by atomic mass is 79.9. The largest absolute Gasteiger partial charge is 0.495 e. The van der Waals surface area contributed by atoms with Crippen molar-refractivity contribution in [1.29, 1.82) is 0 Å². The average molecular weight is 336 g/mol. The van der Waals surface area contributed by atoms with Crippen molar-refractivity contribution in [1.82, 2.24) is 4.98 Å². The van der Waals surface area contributed by atoms with Gasteiger partial charge in [-0.3, -0.25) is 9.78 Å². The maximum atomic E-state index is 12.2. The average Bonchev–Trinajstić information content (AvgIpc) is 2.49. The number of carbonyl (C=O) groups is 1. The summed E-state index contributed by atoms with van der Waals surface area (Å²) >= 11 is 3.37. The Bertz CT molecular complexity index is 632. The van der Waals surface area contributed by atoms with Crippen molar-refractivity contribution in [2.24, 2.45) is 0 Å². The number of aromatic nitrogens is 1. The third kappa shape index (κ3) is 3.08. The molecule has 0 bridgehead atoms. The fourth-order valence-corrected chi connectivity index (χ4v) is 2.14. The molecule has 6 heteroatoms. The topological polar surface area (TPSA) is 63.2 Å². The number of pyridine rings is 1. The minimum Gasteiger partial charge on any atom is -0.495 e. The van der Waals surface area contributed by atoms with Gasteiger partial charge in [-0.05, 0) is 34.1 Å². The first-order chi connectivity index (χ1) is 9.65. The monoisotopic (exact) mass is 335 g/mol. The zero-order chi connectivity index (χ0) is 14.5. The molecule has 0 aliphatic carbocycles. The van der Waals surface area contributed by atoms with Crippen LogP contribution in [-0.2, 0) is 0 Å². The van der Waals surface area contributed by atoms with Gasteiger partial charge < -0.3 is 15.4 Å². The first kappa shape index (κ1) is 14.3. The molecular formula is C14H14BrN3O2. The Morgan fingerprint density at radius 3 is 2.85 bits per heavy atom. The molecule has 2 N–H and O–H groups in total. The van der Waals surface area contributed by atoms with Crippen molar-refractivity contribution in [2.45, 2.75) is 0 Å². The molecule has 0 aliphatic rings. The molecule has 1 heterocycles. The maximum absolute atomic E-state index is 12.2. The van der Waals surface area contributed by atoms with Crippen molar-refractivity contribution in [3.8, 4) is 5.75 Å². The van der Waals surface area contributed by atoms with E-state index in [4.69, 9.17) is 4.74 Å². The predicted molar refractivity (Wildman–Crippen MR) is 82.4 cm³/mol. The Morgan fingerprint density at radius 1 is 1.35 bits per heavy atom. The molecule has 0 radical (unpaired) electrons. The Balaban J connectivity index is 2.23. The van der Waals surface area contributed by atoms with Gasteiger partial charge >= 0.3 is 0 Å². The van der Waals surface area contributed by atoms with Crippen molar-refractivity contribution in [3.63, 3.8) is 0 Å². The Hall–Kier alpha value is -2.08. The van der Waals surface area contributed by atoms with Crippen LogP contribution in [-0.4, -0.2) is 25.0 Å². The lowest BCUT2D eigenvalue weighted by Crippen LogP contribution is -2.14. The summed E-state index contributed by atoms with van der Waals surface area (Å²) in [4.78, 5) is 16.2. The molecule has 0 unspecified atom stereocenters. The van der Waals surface area contributed by atoms with E-state index in [0.717, 1.165) is 4.47 Å². The molecule has 2 aromatic rings. The summed E-state index contributed by atoms with van der Waals surface area (Å²) < 4.78 is 6.03. The number of nitrogens with one attached hydrogen (secondary N) is 2. The number of rotatable bonds is 4. The molecule has 104 valence electrons. The Kier molecular flexibility index (Phi) is 4.57. The SMILES string of the molecule is CNc1cnccc1C(=O)Nc1ccc(Br)c(OC)c1. The van der Waals surface area contributed by atoms with Crippen LogP contribution >= 0.6 is 15.9 Å². The van der Waals surface area contributed by atoms with Crippen LogP contribution in [0.5, 0.6) is 5.75 Å². The summed E-state index contributed by atoms with van der Waals surface area (Å²) in [6.07, 6.45) is 3.19. The number of benzene rings is 1. The van der Waals surface area contributed by atoms with Crippen molar-refractivity contribution >= 4 is 33.2 Å². The van der Waals surface area contributed by atoms with Crippen LogP contribution < -0.4 is 15.4 Å².